The van der Waals surface area contributed by atoms with Crippen LogP contribution < -0.4 is 10.1 Å². The van der Waals surface area contributed by atoms with Crippen LogP contribution in [0.1, 0.15) is 40.0 Å². The van der Waals surface area contributed by atoms with E-state index in [4.69, 9.17) is 14.6 Å². The van der Waals surface area contributed by atoms with Crippen LogP contribution in [0.3, 0.4) is 0 Å². The summed E-state index contributed by atoms with van der Waals surface area (Å²) in [6.45, 7) is 5.61. The van der Waals surface area contributed by atoms with E-state index >= 15 is 0 Å². The summed E-state index contributed by atoms with van der Waals surface area (Å²) >= 11 is 0. The number of nitrogens with one attached hydrogen (secondary N) is 1. The minimum Gasteiger partial charge on any atom is -0.481 e. The monoisotopic (exact) mass is 489 g/mol. The lowest BCUT2D eigenvalue weighted by atomic mass is 9.95. The number of pyridine rings is 1. The number of rotatable bonds is 11. The number of aliphatic carboxylic acids is 1. The summed E-state index contributed by atoms with van der Waals surface area (Å²) in [4.78, 5) is 14.8. The first-order chi connectivity index (χ1) is 15.4. The molecule has 0 bridgehead atoms. The molecule has 2 rings (SSSR count). The first-order valence-electron chi connectivity index (χ1n) is 10.6. The van der Waals surface area contributed by atoms with Crippen LogP contribution >= 0.6 is 0 Å². The fraction of sp³-hybridized carbons (Fsp3) is 0.619. The van der Waals surface area contributed by atoms with E-state index < -0.39 is 28.0 Å². The highest BCUT2D eigenvalue weighted by molar-refractivity contribution is 7.89. The second-order valence-electron chi connectivity index (χ2n) is 8.80. The zero-order valence-electron chi connectivity index (χ0n) is 19.0. The molecule has 1 aliphatic rings. The molecule has 1 aromatic heterocycles. The minimum atomic E-state index is -3.76. The second-order valence-corrected chi connectivity index (χ2v) is 10.7. The largest absolute Gasteiger partial charge is 0.481 e. The molecule has 1 fully saturated rings. The van der Waals surface area contributed by atoms with Gasteiger partial charge in [-0.15, -0.1) is 0 Å². The van der Waals surface area contributed by atoms with Gasteiger partial charge in [-0.05, 0) is 45.6 Å². The second kappa shape index (κ2) is 11.8. The van der Waals surface area contributed by atoms with Gasteiger partial charge in [-0.3, -0.25) is 10.1 Å². The standard InChI is InChI=1S/C21H32FN3O7S/c1-21(2,3)32-20(28)24-12-16(11-22)14-31-18-5-4-17(13-23-18)33(29,30)25-8-6-15(7-9-25)10-19(26)27/h4-5,11,13,15,20,24,28H,6-10,12,14H2,1-3H3,(H,26,27). The van der Waals surface area contributed by atoms with E-state index in [0.717, 1.165) is 0 Å². The summed E-state index contributed by atoms with van der Waals surface area (Å²) in [5, 5.41) is 21.3. The van der Waals surface area contributed by atoms with E-state index in [2.05, 4.69) is 10.3 Å². The Hall–Kier alpha value is -2.12. The number of carboxylic acids is 1. The maximum atomic E-state index is 13.1. The lowest BCUT2D eigenvalue weighted by Crippen LogP contribution is -2.39. The van der Waals surface area contributed by atoms with Crippen molar-refractivity contribution < 1.29 is 37.3 Å². The molecule has 0 spiro atoms. The highest BCUT2D eigenvalue weighted by atomic mass is 32.2. The van der Waals surface area contributed by atoms with Gasteiger partial charge in [-0.25, -0.2) is 17.8 Å². The third-order valence-corrected chi connectivity index (χ3v) is 6.79. The predicted molar refractivity (Wildman–Crippen MR) is 118 cm³/mol. The molecule has 0 saturated carbocycles. The van der Waals surface area contributed by atoms with Crippen LogP contribution in [0.15, 0.2) is 35.1 Å². The summed E-state index contributed by atoms with van der Waals surface area (Å²) in [5.74, 6) is -0.803. The van der Waals surface area contributed by atoms with Crippen molar-refractivity contribution in [3.8, 4) is 5.88 Å². The van der Waals surface area contributed by atoms with E-state index in [9.17, 15) is 22.7 Å². The number of aliphatic hydroxyl groups excluding tert-OH is 1. The Morgan fingerprint density at radius 1 is 1.36 bits per heavy atom. The number of carbonyl (C=O) groups is 1. The Labute approximate surface area is 193 Å². The van der Waals surface area contributed by atoms with Crippen LogP contribution in [0.25, 0.3) is 0 Å². The third kappa shape index (κ3) is 8.97. The van der Waals surface area contributed by atoms with Gasteiger partial charge in [0.2, 0.25) is 22.3 Å². The summed E-state index contributed by atoms with van der Waals surface area (Å²) in [5.41, 5.74) is -0.391. The summed E-state index contributed by atoms with van der Waals surface area (Å²) in [6, 6.07) is 2.74. The predicted octanol–water partition coefficient (Wildman–Crippen LogP) is 1.87. The van der Waals surface area contributed by atoms with E-state index in [0.29, 0.717) is 19.2 Å². The average molecular weight is 490 g/mol. The van der Waals surface area contributed by atoms with Crippen LogP contribution in [0.5, 0.6) is 5.88 Å². The first kappa shape index (κ1) is 27.1. The highest BCUT2D eigenvalue weighted by Gasteiger charge is 2.30. The number of hydrogen-bond acceptors (Lipinski definition) is 8. The molecule has 0 amide bonds. The van der Waals surface area contributed by atoms with Gasteiger partial charge in [0.1, 0.15) is 11.5 Å². The number of halogens is 1. The number of nitrogens with zero attached hydrogens (tertiary/aromatic N) is 2. The van der Waals surface area contributed by atoms with Gasteiger partial charge in [0.05, 0.1) is 18.1 Å². The number of ether oxygens (including phenoxy) is 2. The topological polar surface area (TPSA) is 138 Å². The van der Waals surface area contributed by atoms with Gasteiger partial charge in [0, 0.05) is 37.7 Å². The van der Waals surface area contributed by atoms with Crippen molar-refractivity contribution >= 4 is 16.0 Å². The summed E-state index contributed by atoms with van der Waals surface area (Å²) < 4.78 is 50.8. The van der Waals surface area contributed by atoms with Crippen LogP contribution in [-0.2, 0) is 19.6 Å². The van der Waals surface area contributed by atoms with Crippen molar-refractivity contribution in [2.45, 2.75) is 56.9 Å². The maximum Gasteiger partial charge on any atom is 0.303 e. The lowest BCUT2D eigenvalue weighted by molar-refractivity contribution is -0.180. The molecular weight excluding hydrogens is 457 g/mol. The lowest BCUT2D eigenvalue weighted by Gasteiger charge is -2.30. The molecule has 3 N–H and O–H groups in total. The molecular formula is C21H32FN3O7S. The number of carboxylic acid groups (broad SMARTS) is 1. The van der Waals surface area contributed by atoms with Gasteiger partial charge in [0.15, 0.2) is 0 Å². The molecule has 33 heavy (non-hydrogen) atoms. The normalized spacial score (nSPS) is 17.7. The summed E-state index contributed by atoms with van der Waals surface area (Å²) in [7, 11) is -3.76. The molecule has 1 aromatic rings. The third-order valence-electron chi connectivity index (χ3n) is 4.91. The Morgan fingerprint density at radius 2 is 2.03 bits per heavy atom. The highest BCUT2D eigenvalue weighted by Crippen LogP contribution is 2.26. The summed E-state index contributed by atoms with van der Waals surface area (Å²) in [6.07, 6.45) is 1.26. The van der Waals surface area contributed by atoms with Crippen LogP contribution in [0.2, 0.25) is 0 Å². The van der Waals surface area contributed by atoms with Crippen molar-refractivity contribution in [2.75, 3.05) is 26.2 Å². The fourth-order valence-electron chi connectivity index (χ4n) is 3.24. The van der Waals surface area contributed by atoms with Gasteiger partial charge in [-0.1, -0.05) is 0 Å². The fourth-order valence-corrected chi connectivity index (χ4v) is 4.65. The molecule has 186 valence electrons. The van der Waals surface area contributed by atoms with E-state index in [-0.39, 0.29) is 54.9 Å². The minimum absolute atomic E-state index is 0.00286. The molecule has 0 aliphatic carbocycles. The van der Waals surface area contributed by atoms with Gasteiger partial charge >= 0.3 is 5.97 Å². The molecule has 0 radical (unpaired) electrons. The molecule has 2 heterocycles. The van der Waals surface area contributed by atoms with Crippen LogP contribution in [0, 0.1) is 5.92 Å². The Balaban J connectivity index is 1.87. The van der Waals surface area contributed by atoms with Crippen LogP contribution in [0.4, 0.5) is 4.39 Å². The number of piperidine rings is 1. The van der Waals surface area contributed by atoms with Crippen molar-refractivity contribution in [2.24, 2.45) is 5.92 Å². The van der Waals surface area contributed by atoms with E-state index in [1.807, 2.05) is 0 Å². The van der Waals surface area contributed by atoms with Crippen molar-refractivity contribution in [3.63, 3.8) is 0 Å². The maximum absolute atomic E-state index is 13.1. The van der Waals surface area contributed by atoms with E-state index in [1.54, 1.807) is 20.8 Å². The number of hydrogen-bond donors (Lipinski definition) is 3. The Bertz CT molecular complexity index is 909. The Morgan fingerprint density at radius 3 is 2.55 bits per heavy atom. The zero-order chi connectivity index (χ0) is 24.6. The molecule has 10 nitrogen and oxygen atoms in total. The van der Waals surface area contributed by atoms with Gasteiger partial charge in [-0.2, -0.15) is 4.31 Å². The van der Waals surface area contributed by atoms with Crippen molar-refractivity contribution in [1.29, 1.82) is 0 Å². The first-order valence-corrected chi connectivity index (χ1v) is 12.0. The van der Waals surface area contributed by atoms with E-state index in [1.165, 1.54) is 22.6 Å². The van der Waals surface area contributed by atoms with Gasteiger partial charge < -0.3 is 19.7 Å². The van der Waals surface area contributed by atoms with Crippen molar-refractivity contribution in [3.05, 3.63) is 30.2 Å². The molecule has 1 unspecified atom stereocenters. The molecule has 1 atom stereocenters. The smallest absolute Gasteiger partial charge is 0.303 e. The molecule has 0 aromatic carbocycles. The number of aliphatic hydroxyl groups is 1. The molecule has 12 heteroatoms. The number of aromatic nitrogens is 1. The molecule has 1 saturated heterocycles. The molecule has 1 aliphatic heterocycles. The quantitative estimate of drug-likeness (QED) is 0.398. The average Bonchev–Trinajstić information content (AvgIpc) is 2.73. The SMILES string of the molecule is CC(C)(C)OC(O)NCC(=CF)COc1ccc(S(=O)(=O)N2CCC(CC(=O)O)CC2)cn1. The zero-order valence-corrected chi connectivity index (χ0v) is 19.8. The van der Waals surface area contributed by atoms with Gasteiger partial charge in [0.25, 0.3) is 0 Å². The van der Waals surface area contributed by atoms with Crippen LogP contribution in [-0.4, -0.2) is 72.1 Å². The number of sulfonamides is 1. The Kier molecular flexibility index (Phi) is 9.73. The van der Waals surface area contributed by atoms with Crippen molar-refractivity contribution in [1.82, 2.24) is 14.6 Å².